The Labute approximate surface area is 131 Å². The smallest absolute Gasteiger partial charge is 0.270 e. The Morgan fingerprint density at radius 3 is 2.65 bits per heavy atom. The first-order valence-electron chi connectivity index (χ1n) is 6.99. The van der Waals surface area contributed by atoms with Gasteiger partial charge >= 0.3 is 0 Å². The Hall–Kier alpha value is -3.22. The van der Waals surface area contributed by atoms with Gasteiger partial charge in [0.1, 0.15) is 5.75 Å². The molecular weight excluding hydrogens is 298 g/mol. The molecule has 7 heteroatoms. The van der Waals surface area contributed by atoms with Crippen molar-refractivity contribution in [1.29, 1.82) is 0 Å². The van der Waals surface area contributed by atoms with Crippen LogP contribution in [0.3, 0.4) is 0 Å². The van der Waals surface area contributed by atoms with E-state index in [-0.39, 0.29) is 5.69 Å². The summed E-state index contributed by atoms with van der Waals surface area (Å²) in [5, 5.41) is 14.7. The van der Waals surface area contributed by atoms with Gasteiger partial charge in [0.15, 0.2) is 0 Å². The lowest BCUT2D eigenvalue weighted by Crippen LogP contribution is -1.90. The standard InChI is InChI=1S/C16H13N3O4/c1-2-22-14-8-6-11(7-9-14)16-17-15(18-23-16)12-4-3-5-13(10-12)19(20)21/h3-10H,2H2,1H3. The highest BCUT2D eigenvalue weighted by atomic mass is 16.6. The Morgan fingerprint density at radius 1 is 1.17 bits per heavy atom. The molecule has 3 aromatic rings. The third kappa shape index (κ3) is 3.18. The zero-order valence-corrected chi connectivity index (χ0v) is 12.3. The highest BCUT2D eigenvalue weighted by Gasteiger charge is 2.13. The van der Waals surface area contributed by atoms with Gasteiger partial charge in [-0.15, -0.1) is 0 Å². The Bertz CT molecular complexity index is 827. The zero-order valence-electron chi connectivity index (χ0n) is 12.3. The summed E-state index contributed by atoms with van der Waals surface area (Å²) < 4.78 is 10.6. The van der Waals surface area contributed by atoms with Crippen molar-refractivity contribution in [2.24, 2.45) is 0 Å². The number of nitrogens with zero attached hydrogens (tertiary/aromatic N) is 3. The summed E-state index contributed by atoms with van der Waals surface area (Å²) in [7, 11) is 0. The van der Waals surface area contributed by atoms with Crippen LogP contribution in [0.15, 0.2) is 53.1 Å². The van der Waals surface area contributed by atoms with E-state index < -0.39 is 4.92 Å². The van der Waals surface area contributed by atoms with Crippen LogP contribution in [-0.4, -0.2) is 21.7 Å². The third-order valence-electron chi connectivity index (χ3n) is 3.15. The SMILES string of the molecule is CCOc1ccc(-c2nc(-c3cccc([N+](=O)[O-])c3)no2)cc1. The molecule has 0 aliphatic carbocycles. The fourth-order valence-corrected chi connectivity index (χ4v) is 2.08. The number of hydrogen-bond donors (Lipinski definition) is 0. The molecule has 0 saturated carbocycles. The maximum absolute atomic E-state index is 10.8. The van der Waals surface area contributed by atoms with E-state index in [4.69, 9.17) is 9.26 Å². The first-order valence-corrected chi connectivity index (χ1v) is 6.99. The lowest BCUT2D eigenvalue weighted by Gasteiger charge is -2.02. The molecule has 0 radical (unpaired) electrons. The quantitative estimate of drug-likeness (QED) is 0.527. The molecule has 116 valence electrons. The summed E-state index contributed by atoms with van der Waals surface area (Å²) in [5.74, 6) is 1.40. The molecule has 3 rings (SSSR count). The summed E-state index contributed by atoms with van der Waals surface area (Å²) in [6.07, 6.45) is 0. The molecular formula is C16H13N3O4. The first kappa shape index (κ1) is 14.7. The normalized spacial score (nSPS) is 10.5. The summed E-state index contributed by atoms with van der Waals surface area (Å²) in [4.78, 5) is 14.7. The minimum absolute atomic E-state index is 0.0186. The van der Waals surface area contributed by atoms with Crippen LogP contribution in [-0.2, 0) is 0 Å². The van der Waals surface area contributed by atoms with Crippen LogP contribution in [0, 0.1) is 10.1 Å². The van der Waals surface area contributed by atoms with E-state index in [9.17, 15) is 10.1 Å². The fourth-order valence-electron chi connectivity index (χ4n) is 2.08. The van der Waals surface area contributed by atoms with Crippen LogP contribution in [0.1, 0.15) is 6.92 Å². The molecule has 0 saturated heterocycles. The first-order chi connectivity index (χ1) is 11.2. The summed E-state index contributed by atoms with van der Waals surface area (Å²) in [5.41, 5.74) is 1.26. The Kier molecular flexibility index (Phi) is 4.01. The Balaban J connectivity index is 1.88. The van der Waals surface area contributed by atoms with Crippen molar-refractivity contribution >= 4 is 5.69 Å². The van der Waals surface area contributed by atoms with Crippen LogP contribution in [0.25, 0.3) is 22.8 Å². The second-order valence-electron chi connectivity index (χ2n) is 4.69. The molecule has 0 aliphatic rings. The van der Waals surface area contributed by atoms with Crippen molar-refractivity contribution in [3.05, 3.63) is 58.6 Å². The lowest BCUT2D eigenvalue weighted by atomic mass is 10.2. The number of rotatable bonds is 5. The highest BCUT2D eigenvalue weighted by molar-refractivity contribution is 5.62. The predicted octanol–water partition coefficient (Wildman–Crippen LogP) is 3.71. The molecule has 23 heavy (non-hydrogen) atoms. The highest BCUT2D eigenvalue weighted by Crippen LogP contribution is 2.25. The van der Waals surface area contributed by atoms with Gasteiger partial charge in [-0.3, -0.25) is 10.1 Å². The van der Waals surface area contributed by atoms with Gasteiger partial charge in [0, 0.05) is 23.3 Å². The summed E-state index contributed by atoms with van der Waals surface area (Å²) in [6.45, 7) is 2.51. The molecule has 0 spiro atoms. The van der Waals surface area contributed by atoms with Crippen LogP contribution in [0.2, 0.25) is 0 Å². The maximum atomic E-state index is 10.8. The molecule has 0 unspecified atom stereocenters. The molecule has 0 bridgehead atoms. The van der Waals surface area contributed by atoms with Crippen LogP contribution in [0.4, 0.5) is 5.69 Å². The van der Waals surface area contributed by atoms with Gasteiger partial charge in [0.05, 0.1) is 11.5 Å². The number of non-ortho nitro benzene ring substituents is 1. The van der Waals surface area contributed by atoms with Gasteiger partial charge in [-0.1, -0.05) is 17.3 Å². The number of hydrogen-bond acceptors (Lipinski definition) is 6. The van der Waals surface area contributed by atoms with Gasteiger partial charge in [-0.05, 0) is 31.2 Å². The average Bonchev–Trinajstić information content (AvgIpc) is 3.06. The van der Waals surface area contributed by atoms with Crippen molar-refractivity contribution < 1.29 is 14.2 Å². The molecule has 0 fully saturated rings. The molecule has 0 amide bonds. The van der Waals surface area contributed by atoms with E-state index in [0.29, 0.717) is 23.9 Å². The number of nitro benzene ring substituents is 1. The van der Waals surface area contributed by atoms with Crippen molar-refractivity contribution in [3.63, 3.8) is 0 Å². The van der Waals surface area contributed by atoms with Crippen molar-refractivity contribution in [2.75, 3.05) is 6.61 Å². The van der Waals surface area contributed by atoms with E-state index in [1.54, 1.807) is 12.1 Å². The van der Waals surface area contributed by atoms with Gasteiger partial charge in [0.25, 0.3) is 11.6 Å². The van der Waals surface area contributed by atoms with Crippen molar-refractivity contribution in [1.82, 2.24) is 10.1 Å². The van der Waals surface area contributed by atoms with E-state index in [2.05, 4.69) is 10.1 Å². The molecule has 1 aromatic heterocycles. The van der Waals surface area contributed by atoms with Gasteiger partial charge < -0.3 is 9.26 Å². The maximum Gasteiger partial charge on any atom is 0.270 e. The molecule has 1 heterocycles. The summed E-state index contributed by atoms with van der Waals surface area (Å²) in [6, 6.07) is 13.4. The lowest BCUT2D eigenvalue weighted by molar-refractivity contribution is -0.384. The predicted molar refractivity (Wildman–Crippen MR) is 83.0 cm³/mol. The van der Waals surface area contributed by atoms with Gasteiger partial charge in [-0.2, -0.15) is 4.98 Å². The van der Waals surface area contributed by atoms with Gasteiger partial charge in [0.2, 0.25) is 5.82 Å². The van der Waals surface area contributed by atoms with Crippen molar-refractivity contribution in [3.8, 4) is 28.6 Å². The van der Waals surface area contributed by atoms with E-state index in [1.165, 1.54) is 12.1 Å². The minimum Gasteiger partial charge on any atom is -0.494 e. The molecule has 0 atom stereocenters. The third-order valence-corrected chi connectivity index (χ3v) is 3.15. The number of nitro groups is 1. The van der Waals surface area contributed by atoms with E-state index in [1.807, 2.05) is 31.2 Å². The van der Waals surface area contributed by atoms with E-state index >= 15 is 0 Å². The molecule has 2 aromatic carbocycles. The van der Waals surface area contributed by atoms with Gasteiger partial charge in [-0.25, -0.2) is 0 Å². The average molecular weight is 311 g/mol. The second-order valence-corrected chi connectivity index (χ2v) is 4.69. The van der Waals surface area contributed by atoms with Crippen LogP contribution in [0.5, 0.6) is 5.75 Å². The number of benzene rings is 2. The van der Waals surface area contributed by atoms with Crippen molar-refractivity contribution in [2.45, 2.75) is 6.92 Å². The second kappa shape index (κ2) is 6.27. The molecule has 0 N–H and O–H groups in total. The largest absolute Gasteiger partial charge is 0.494 e. The molecule has 0 aliphatic heterocycles. The number of aromatic nitrogens is 2. The Morgan fingerprint density at radius 2 is 1.96 bits per heavy atom. The van der Waals surface area contributed by atoms with Crippen LogP contribution >= 0.6 is 0 Å². The van der Waals surface area contributed by atoms with Crippen LogP contribution < -0.4 is 4.74 Å². The topological polar surface area (TPSA) is 91.3 Å². The van der Waals surface area contributed by atoms with E-state index in [0.717, 1.165) is 11.3 Å². The minimum atomic E-state index is -0.461. The zero-order chi connectivity index (χ0) is 16.2. The number of ether oxygens (including phenoxy) is 1. The molecule has 7 nitrogen and oxygen atoms in total. The summed E-state index contributed by atoms with van der Waals surface area (Å²) >= 11 is 0. The fraction of sp³-hybridized carbons (Fsp3) is 0.125. The monoisotopic (exact) mass is 311 g/mol.